The van der Waals surface area contributed by atoms with Crippen molar-refractivity contribution < 1.29 is 17.9 Å². The third kappa shape index (κ3) is 5.68. The quantitative estimate of drug-likeness (QED) is 0.744. The summed E-state index contributed by atoms with van der Waals surface area (Å²) in [5.41, 5.74) is -0.367. The number of hydrogen-bond acceptors (Lipinski definition) is 4. The van der Waals surface area contributed by atoms with Crippen molar-refractivity contribution in [2.45, 2.75) is 64.6 Å². The topological polar surface area (TPSA) is 78.6 Å². The van der Waals surface area contributed by atoms with Gasteiger partial charge in [0.2, 0.25) is 10.0 Å². The van der Waals surface area contributed by atoms with E-state index >= 15 is 0 Å². The number of primary sulfonamides is 1. The summed E-state index contributed by atoms with van der Waals surface area (Å²) >= 11 is 0. The van der Waals surface area contributed by atoms with Crippen LogP contribution in [0.25, 0.3) is 0 Å². The van der Waals surface area contributed by atoms with Crippen LogP contribution in [0.4, 0.5) is 0 Å². The first-order valence-corrected chi connectivity index (χ1v) is 9.20. The summed E-state index contributed by atoms with van der Waals surface area (Å²) in [5.74, 6) is -0.00652. The molecule has 0 spiro atoms. The van der Waals surface area contributed by atoms with Crippen molar-refractivity contribution in [3.63, 3.8) is 0 Å². The minimum Gasteiger partial charge on any atom is -0.381 e. The van der Waals surface area contributed by atoms with E-state index in [-0.39, 0.29) is 23.4 Å². The van der Waals surface area contributed by atoms with E-state index in [0.29, 0.717) is 6.61 Å². The molecule has 0 bridgehead atoms. The molecule has 5 nitrogen and oxygen atoms in total. The van der Waals surface area contributed by atoms with Gasteiger partial charge in [0.05, 0.1) is 24.6 Å². The first-order chi connectivity index (χ1) is 9.34. The van der Waals surface area contributed by atoms with Crippen LogP contribution in [0.5, 0.6) is 0 Å². The Kier molecular flexibility index (Phi) is 6.91. The zero-order chi connectivity index (χ0) is 15.2. The fraction of sp³-hybridized carbons (Fsp3) is 1.00. The summed E-state index contributed by atoms with van der Waals surface area (Å²) in [6.45, 7) is 4.45. The molecule has 1 fully saturated rings. The minimum atomic E-state index is -3.48. The van der Waals surface area contributed by atoms with E-state index in [1.54, 1.807) is 7.11 Å². The van der Waals surface area contributed by atoms with Crippen molar-refractivity contribution in [3.05, 3.63) is 0 Å². The second-order valence-electron chi connectivity index (χ2n) is 5.97. The van der Waals surface area contributed by atoms with Gasteiger partial charge in [-0.3, -0.25) is 0 Å². The van der Waals surface area contributed by atoms with E-state index in [0.717, 1.165) is 38.5 Å². The third-order valence-corrected chi connectivity index (χ3v) is 5.56. The maximum Gasteiger partial charge on any atom is 0.209 e. The van der Waals surface area contributed by atoms with E-state index in [9.17, 15) is 8.42 Å². The normalized spacial score (nSPS) is 24.8. The lowest BCUT2D eigenvalue weighted by Gasteiger charge is -2.34. The van der Waals surface area contributed by atoms with Gasteiger partial charge in [0.1, 0.15) is 0 Å². The lowest BCUT2D eigenvalue weighted by Crippen LogP contribution is -2.39. The standard InChI is InChI=1S/C14H29NO4S/c1-4-14(5-2,11-20(15,16)17)10-19-13-8-6-7-12(9-13)18-3/h12-13H,4-11H2,1-3H3,(H2,15,16,17). The van der Waals surface area contributed by atoms with E-state index in [4.69, 9.17) is 14.6 Å². The first kappa shape index (κ1) is 17.9. The molecule has 20 heavy (non-hydrogen) atoms. The SMILES string of the molecule is CCC(CC)(COC1CCCC(OC)C1)CS(N)(=O)=O. The van der Waals surface area contributed by atoms with E-state index < -0.39 is 10.0 Å². The van der Waals surface area contributed by atoms with Crippen molar-refractivity contribution in [1.82, 2.24) is 0 Å². The predicted octanol–water partition coefficient (Wildman–Crippen LogP) is 2.06. The highest BCUT2D eigenvalue weighted by molar-refractivity contribution is 7.89. The van der Waals surface area contributed by atoms with E-state index in [1.165, 1.54) is 0 Å². The molecule has 2 N–H and O–H groups in total. The van der Waals surface area contributed by atoms with Gasteiger partial charge in [0, 0.05) is 12.5 Å². The highest BCUT2D eigenvalue weighted by Crippen LogP contribution is 2.31. The molecule has 0 saturated heterocycles. The van der Waals surface area contributed by atoms with Crippen LogP contribution in [0.3, 0.4) is 0 Å². The Bertz CT molecular complexity index is 379. The summed E-state index contributed by atoms with van der Waals surface area (Å²) in [4.78, 5) is 0. The van der Waals surface area contributed by atoms with Gasteiger partial charge in [-0.2, -0.15) is 0 Å². The number of nitrogens with two attached hydrogens (primary N) is 1. The van der Waals surface area contributed by atoms with Gasteiger partial charge in [-0.05, 0) is 38.5 Å². The van der Waals surface area contributed by atoms with Crippen LogP contribution in [0.15, 0.2) is 0 Å². The average Bonchev–Trinajstić information content (AvgIpc) is 2.42. The fourth-order valence-electron chi connectivity index (χ4n) is 2.89. The Morgan fingerprint density at radius 3 is 2.30 bits per heavy atom. The molecule has 2 atom stereocenters. The highest BCUT2D eigenvalue weighted by atomic mass is 32.2. The lowest BCUT2D eigenvalue weighted by atomic mass is 9.85. The van der Waals surface area contributed by atoms with Crippen LogP contribution < -0.4 is 5.14 Å². The monoisotopic (exact) mass is 307 g/mol. The molecule has 0 aliphatic heterocycles. The van der Waals surface area contributed by atoms with Gasteiger partial charge >= 0.3 is 0 Å². The zero-order valence-electron chi connectivity index (χ0n) is 12.9. The first-order valence-electron chi connectivity index (χ1n) is 7.49. The molecule has 1 aliphatic carbocycles. The van der Waals surface area contributed by atoms with Gasteiger partial charge in [0.25, 0.3) is 0 Å². The smallest absolute Gasteiger partial charge is 0.209 e. The number of rotatable bonds is 8. The van der Waals surface area contributed by atoms with Crippen molar-refractivity contribution in [3.8, 4) is 0 Å². The Morgan fingerprint density at radius 1 is 1.20 bits per heavy atom. The van der Waals surface area contributed by atoms with E-state index in [2.05, 4.69) is 0 Å². The van der Waals surface area contributed by atoms with Gasteiger partial charge in [-0.15, -0.1) is 0 Å². The predicted molar refractivity (Wildman–Crippen MR) is 80.0 cm³/mol. The van der Waals surface area contributed by atoms with Gasteiger partial charge in [-0.25, -0.2) is 13.6 Å². The molecule has 0 aromatic rings. The Hall–Kier alpha value is -0.170. The number of methoxy groups -OCH3 is 1. The van der Waals surface area contributed by atoms with Gasteiger partial charge in [-0.1, -0.05) is 13.8 Å². The van der Waals surface area contributed by atoms with Crippen LogP contribution in [0.2, 0.25) is 0 Å². The van der Waals surface area contributed by atoms with Crippen molar-refractivity contribution in [1.29, 1.82) is 0 Å². The fourth-order valence-corrected chi connectivity index (χ4v) is 4.23. The molecule has 120 valence electrons. The van der Waals surface area contributed by atoms with Gasteiger partial charge < -0.3 is 9.47 Å². The van der Waals surface area contributed by atoms with Crippen LogP contribution in [-0.4, -0.2) is 40.1 Å². The molecule has 1 rings (SSSR count). The summed E-state index contributed by atoms with van der Waals surface area (Å²) in [6.07, 6.45) is 6.05. The maximum absolute atomic E-state index is 11.4. The van der Waals surface area contributed by atoms with Crippen molar-refractivity contribution >= 4 is 10.0 Å². The molecule has 0 aromatic heterocycles. The molecular formula is C14H29NO4S. The minimum absolute atomic E-state index is 0.00652. The number of ether oxygens (including phenoxy) is 2. The van der Waals surface area contributed by atoms with Crippen LogP contribution in [0, 0.1) is 5.41 Å². The van der Waals surface area contributed by atoms with Gasteiger partial charge in [0.15, 0.2) is 0 Å². The molecule has 1 saturated carbocycles. The second-order valence-corrected chi connectivity index (χ2v) is 7.59. The zero-order valence-corrected chi connectivity index (χ0v) is 13.7. The summed E-state index contributed by atoms with van der Waals surface area (Å²) in [7, 11) is -1.75. The van der Waals surface area contributed by atoms with Crippen LogP contribution in [-0.2, 0) is 19.5 Å². The maximum atomic E-state index is 11.4. The molecule has 0 heterocycles. The highest BCUT2D eigenvalue weighted by Gasteiger charge is 2.33. The second kappa shape index (κ2) is 7.73. The van der Waals surface area contributed by atoms with E-state index in [1.807, 2.05) is 13.8 Å². The molecule has 0 radical (unpaired) electrons. The molecule has 0 amide bonds. The van der Waals surface area contributed by atoms with Crippen molar-refractivity contribution in [2.24, 2.45) is 10.6 Å². The summed E-state index contributed by atoms with van der Waals surface area (Å²) in [5, 5.41) is 5.22. The molecule has 1 aliphatic rings. The molecule has 6 heteroatoms. The Balaban J connectivity index is 2.58. The number of hydrogen-bond donors (Lipinski definition) is 1. The Morgan fingerprint density at radius 2 is 1.80 bits per heavy atom. The largest absolute Gasteiger partial charge is 0.381 e. The molecule has 2 unspecified atom stereocenters. The lowest BCUT2D eigenvalue weighted by molar-refractivity contribution is -0.0567. The molecule has 0 aromatic carbocycles. The van der Waals surface area contributed by atoms with Crippen molar-refractivity contribution in [2.75, 3.05) is 19.5 Å². The number of sulfonamides is 1. The third-order valence-electron chi connectivity index (χ3n) is 4.54. The summed E-state index contributed by atoms with van der Waals surface area (Å²) in [6, 6.07) is 0. The van der Waals surface area contributed by atoms with Crippen LogP contribution >= 0.6 is 0 Å². The molecular weight excluding hydrogens is 278 g/mol. The Labute approximate surface area is 123 Å². The summed E-state index contributed by atoms with van der Waals surface area (Å²) < 4.78 is 34.2. The van der Waals surface area contributed by atoms with Crippen LogP contribution in [0.1, 0.15) is 52.4 Å². The average molecular weight is 307 g/mol.